The summed E-state index contributed by atoms with van der Waals surface area (Å²) in [6.07, 6.45) is 0.970. The Labute approximate surface area is 75.9 Å². The van der Waals surface area contributed by atoms with Crippen LogP contribution in [0.5, 0.6) is 0 Å². The van der Waals surface area contributed by atoms with Gasteiger partial charge in [-0.1, -0.05) is 6.92 Å². The standard InChI is InChI=1S/C7H13NO3S/c1-5-2-6(4-11-12-5)8-3-7(9)10/h5-6,8H,2-4H2,1H3,(H,9,10). The average Bonchev–Trinajstić information content (AvgIpc) is 2.01. The predicted molar refractivity (Wildman–Crippen MR) is 47.0 cm³/mol. The number of carboxylic acids is 1. The third-order valence-corrected chi connectivity index (χ3v) is 2.45. The van der Waals surface area contributed by atoms with E-state index in [-0.39, 0.29) is 12.6 Å². The normalized spacial score (nSPS) is 30.1. The molecule has 0 saturated carbocycles. The molecule has 70 valence electrons. The van der Waals surface area contributed by atoms with Gasteiger partial charge in [-0.3, -0.25) is 4.79 Å². The summed E-state index contributed by atoms with van der Waals surface area (Å²) < 4.78 is 5.19. The Bertz CT molecular complexity index is 165. The van der Waals surface area contributed by atoms with Gasteiger partial charge in [-0.25, -0.2) is 0 Å². The van der Waals surface area contributed by atoms with Crippen LogP contribution in [-0.2, 0) is 8.98 Å². The van der Waals surface area contributed by atoms with Gasteiger partial charge in [-0.2, -0.15) is 0 Å². The summed E-state index contributed by atoms with van der Waals surface area (Å²) in [5, 5.41) is 11.8. The molecular weight excluding hydrogens is 178 g/mol. The van der Waals surface area contributed by atoms with Crippen molar-refractivity contribution in [3.8, 4) is 0 Å². The van der Waals surface area contributed by atoms with E-state index in [4.69, 9.17) is 9.29 Å². The van der Waals surface area contributed by atoms with Crippen molar-refractivity contribution >= 4 is 18.0 Å². The predicted octanol–water partition coefficient (Wildman–Crippen LogP) is 0.486. The Balaban J connectivity index is 2.18. The van der Waals surface area contributed by atoms with Gasteiger partial charge in [-0.05, 0) is 18.5 Å². The maximum atomic E-state index is 10.2. The molecule has 2 N–H and O–H groups in total. The fourth-order valence-corrected chi connectivity index (χ4v) is 1.91. The molecule has 0 amide bonds. The van der Waals surface area contributed by atoms with Crippen molar-refractivity contribution in [2.45, 2.75) is 24.6 Å². The van der Waals surface area contributed by atoms with E-state index < -0.39 is 5.97 Å². The van der Waals surface area contributed by atoms with Crippen molar-refractivity contribution in [3.63, 3.8) is 0 Å². The van der Waals surface area contributed by atoms with E-state index in [2.05, 4.69) is 12.2 Å². The number of hydrogen-bond acceptors (Lipinski definition) is 4. The first kappa shape index (κ1) is 9.83. The van der Waals surface area contributed by atoms with Crippen LogP contribution in [0.25, 0.3) is 0 Å². The van der Waals surface area contributed by atoms with E-state index >= 15 is 0 Å². The van der Waals surface area contributed by atoms with Gasteiger partial charge < -0.3 is 14.6 Å². The molecule has 12 heavy (non-hydrogen) atoms. The summed E-state index contributed by atoms with van der Waals surface area (Å²) >= 11 is 1.47. The van der Waals surface area contributed by atoms with Gasteiger partial charge in [0, 0.05) is 11.3 Å². The van der Waals surface area contributed by atoms with Crippen LogP contribution < -0.4 is 5.32 Å². The second-order valence-corrected chi connectivity index (χ2v) is 4.13. The molecule has 2 atom stereocenters. The van der Waals surface area contributed by atoms with Crippen LogP contribution in [0.4, 0.5) is 0 Å². The Morgan fingerprint density at radius 3 is 3.17 bits per heavy atom. The highest BCUT2D eigenvalue weighted by Gasteiger charge is 2.20. The Hall–Kier alpha value is -0.260. The molecule has 0 spiro atoms. The van der Waals surface area contributed by atoms with Crippen LogP contribution in [0.15, 0.2) is 0 Å². The lowest BCUT2D eigenvalue weighted by atomic mass is 10.2. The van der Waals surface area contributed by atoms with E-state index in [1.54, 1.807) is 0 Å². The summed E-state index contributed by atoms with van der Waals surface area (Å²) in [6.45, 7) is 2.69. The lowest BCUT2D eigenvalue weighted by Gasteiger charge is -2.25. The van der Waals surface area contributed by atoms with E-state index in [0.717, 1.165) is 6.42 Å². The second-order valence-electron chi connectivity index (χ2n) is 2.90. The smallest absolute Gasteiger partial charge is 0.317 e. The minimum Gasteiger partial charge on any atom is -0.480 e. The van der Waals surface area contributed by atoms with Crippen molar-refractivity contribution < 1.29 is 14.1 Å². The number of aliphatic carboxylic acids is 1. The number of hydrogen-bond donors (Lipinski definition) is 2. The molecule has 0 aliphatic carbocycles. The molecule has 1 aliphatic heterocycles. The first-order valence-electron chi connectivity index (χ1n) is 3.92. The van der Waals surface area contributed by atoms with Gasteiger partial charge in [-0.15, -0.1) is 0 Å². The molecular formula is C7H13NO3S. The molecule has 0 bridgehead atoms. The minimum atomic E-state index is -0.819. The van der Waals surface area contributed by atoms with Crippen LogP contribution in [0.2, 0.25) is 0 Å². The van der Waals surface area contributed by atoms with Crippen LogP contribution in [0.1, 0.15) is 13.3 Å². The van der Waals surface area contributed by atoms with E-state index in [0.29, 0.717) is 11.9 Å². The minimum absolute atomic E-state index is 0.0193. The fraction of sp³-hybridized carbons (Fsp3) is 0.857. The Morgan fingerprint density at radius 1 is 1.83 bits per heavy atom. The van der Waals surface area contributed by atoms with Crippen molar-refractivity contribution in [1.82, 2.24) is 5.32 Å². The highest BCUT2D eigenvalue weighted by molar-refractivity contribution is 7.95. The third-order valence-electron chi connectivity index (χ3n) is 1.66. The largest absolute Gasteiger partial charge is 0.480 e. The molecule has 0 aromatic heterocycles. The number of carbonyl (C=O) groups is 1. The zero-order chi connectivity index (χ0) is 8.97. The summed E-state index contributed by atoms with van der Waals surface area (Å²) in [6, 6.07) is 0.192. The number of nitrogens with one attached hydrogen (secondary N) is 1. The zero-order valence-corrected chi connectivity index (χ0v) is 7.76. The van der Waals surface area contributed by atoms with Crippen molar-refractivity contribution in [2.75, 3.05) is 13.2 Å². The van der Waals surface area contributed by atoms with Crippen molar-refractivity contribution in [2.24, 2.45) is 0 Å². The molecule has 1 saturated heterocycles. The van der Waals surface area contributed by atoms with E-state index in [1.165, 1.54) is 12.0 Å². The summed E-state index contributed by atoms with van der Waals surface area (Å²) in [5.74, 6) is -0.819. The summed E-state index contributed by atoms with van der Waals surface area (Å²) in [4.78, 5) is 10.2. The van der Waals surface area contributed by atoms with Crippen LogP contribution in [0, 0.1) is 0 Å². The highest BCUT2D eigenvalue weighted by atomic mass is 32.2. The lowest BCUT2D eigenvalue weighted by molar-refractivity contribution is -0.136. The molecule has 1 rings (SSSR count). The molecule has 0 aromatic rings. The molecule has 1 fully saturated rings. The van der Waals surface area contributed by atoms with Gasteiger partial charge in [0.15, 0.2) is 0 Å². The third kappa shape index (κ3) is 3.42. The Morgan fingerprint density at radius 2 is 2.58 bits per heavy atom. The van der Waals surface area contributed by atoms with Crippen LogP contribution in [-0.4, -0.2) is 35.5 Å². The zero-order valence-electron chi connectivity index (χ0n) is 6.95. The quantitative estimate of drug-likeness (QED) is 0.636. The first-order chi connectivity index (χ1) is 5.68. The van der Waals surface area contributed by atoms with Gasteiger partial charge in [0.1, 0.15) is 0 Å². The van der Waals surface area contributed by atoms with Gasteiger partial charge >= 0.3 is 5.97 Å². The molecule has 5 heteroatoms. The number of rotatable bonds is 3. The van der Waals surface area contributed by atoms with Crippen LogP contribution >= 0.6 is 12.0 Å². The maximum absolute atomic E-state index is 10.2. The lowest BCUT2D eigenvalue weighted by Crippen LogP contribution is -2.40. The second kappa shape index (κ2) is 4.69. The molecule has 1 heterocycles. The topological polar surface area (TPSA) is 58.6 Å². The van der Waals surface area contributed by atoms with E-state index in [9.17, 15) is 4.79 Å². The number of carboxylic acid groups (broad SMARTS) is 1. The monoisotopic (exact) mass is 191 g/mol. The molecule has 1 aliphatic rings. The van der Waals surface area contributed by atoms with E-state index in [1.807, 2.05) is 0 Å². The maximum Gasteiger partial charge on any atom is 0.317 e. The van der Waals surface area contributed by atoms with Crippen molar-refractivity contribution in [1.29, 1.82) is 0 Å². The highest BCUT2D eigenvalue weighted by Crippen LogP contribution is 2.22. The van der Waals surface area contributed by atoms with Gasteiger partial charge in [0.05, 0.1) is 13.2 Å². The molecule has 0 radical (unpaired) electrons. The summed E-state index contributed by atoms with van der Waals surface area (Å²) in [5.41, 5.74) is 0. The average molecular weight is 191 g/mol. The fourth-order valence-electron chi connectivity index (χ4n) is 1.12. The van der Waals surface area contributed by atoms with Gasteiger partial charge in [0.25, 0.3) is 0 Å². The van der Waals surface area contributed by atoms with Gasteiger partial charge in [0.2, 0.25) is 0 Å². The SMILES string of the molecule is CC1CC(NCC(=O)O)COS1. The first-order valence-corrected chi connectivity index (χ1v) is 4.72. The van der Waals surface area contributed by atoms with Crippen molar-refractivity contribution in [3.05, 3.63) is 0 Å². The molecule has 2 unspecified atom stereocenters. The van der Waals surface area contributed by atoms with Crippen LogP contribution in [0.3, 0.4) is 0 Å². The molecule has 0 aromatic carbocycles. The summed E-state index contributed by atoms with van der Waals surface area (Å²) in [7, 11) is 0. The Kier molecular flexibility index (Phi) is 3.84. The molecule has 4 nitrogen and oxygen atoms in total.